The number of methoxy groups -OCH3 is 1. The molecule has 0 aliphatic rings. The van der Waals surface area contributed by atoms with Crippen LogP contribution in [-0.4, -0.2) is 13.2 Å². The van der Waals surface area contributed by atoms with Crippen LogP contribution in [-0.2, 0) is 13.0 Å². The van der Waals surface area contributed by atoms with Gasteiger partial charge in [-0.3, -0.25) is 0 Å². The van der Waals surface area contributed by atoms with Gasteiger partial charge in [0.05, 0.1) is 7.11 Å². The van der Waals surface area contributed by atoms with E-state index in [2.05, 4.69) is 19.1 Å². The number of hydrogen-bond donors (Lipinski definition) is 1. The SMILES string of the molecule is COc1cccc(CC(C)N)c1OCc1ccccc1C. The fraction of sp³-hybridized carbons (Fsp3) is 0.333. The van der Waals surface area contributed by atoms with Crippen LogP contribution < -0.4 is 15.2 Å². The molecule has 21 heavy (non-hydrogen) atoms. The predicted octanol–water partition coefficient (Wildman–Crippen LogP) is 3.47. The zero-order valence-electron chi connectivity index (χ0n) is 12.9. The Labute approximate surface area is 126 Å². The largest absolute Gasteiger partial charge is 0.493 e. The Balaban J connectivity index is 2.23. The molecular weight excluding hydrogens is 262 g/mol. The normalized spacial score (nSPS) is 12.0. The van der Waals surface area contributed by atoms with Gasteiger partial charge < -0.3 is 15.2 Å². The van der Waals surface area contributed by atoms with E-state index in [1.807, 2.05) is 37.3 Å². The lowest BCUT2D eigenvalue weighted by atomic mass is 10.1. The minimum atomic E-state index is 0.0814. The molecule has 0 amide bonds. The fourth-order valence-corrected chi connectivity index (χ4v) is 2.32. The Morgan fingerprint density at radius 3 is 2.43 bits per heavy atom. The Kier molecular flexibility index (Phi) is 5.23. The summed E-state index contributed by atoms with van der Waals surface area (Å²) >= 11 is 0. The zero-order valence-corrected chi connectivity index (χ0v) is 12.9. The van der Waals surface area contributed by atoms with Crippen molar-refractivity contribution in [3.05, 3.63) is 59.2 Å². The highest BCUT2D eigenvalue weighted by Crippen LogP contribution is 2.32. The van der Waals surface area contributed by atoms with Crippen LogP contribution in [0.4, 0.5) is 0 Å². The van der Waals surface area contributed by atoms with E-state index < -0.39 is 0 Å². The van der Waals surface area contributed by atoms with Crippen molar-refractivity contribution in [2.24, 2.45) is 5.73 Å². The second kappa shape index (κ2) is 7.14. The third kappa shape index (κ3) is 3.99. The second-order valence-electron chi connectivity index (χ2n) is 5.35. The van der Waals surface area contributed by atoms with Crippen molar-refractivity contribution in [1.82, 2.24) is 0 Å². The summed E-state index contributed by atoms with van der Waals surface area (Å²) in [7, 11) is 1.66. The molecule has 0 radical (unpaired) electrons. The number of nitrogens with two attached hydrogens (primary N) is 1. The molecule has 2 rings (SSSR count). The van der Waals surface area contributed by atoms with Crippen molar-refractivity contribution in [2.45, 2.75) is 32.9 Å². The summed E-state index contributed by atoms with van der Waals surface area (Å²) < 4.78 is 11.5. The number of para-hydroxylation sites is 1. The molecule has 0 aliphatic heterocycles. The van der Waals surface area contributed by atoms with Gasteiger partial charge in [0.25, 0.3) is 0 Å². The smallest absolute Gasteiger partial charge is 0.164 e. The van der Waals surface area contributed by atoms with Crippen LogP contribution in [0.5, 0.6) is 11.5 Å². The zero-order chi connectivity index (χ0) is 15.2. The molecule has 2 N–H and O–H groups in total. The first-order valence-electron chi connectivity index (χ1n) is 7.20. The van der Waals surface area contributed by atoms with E-state index >= 15 is 0 Å². The van der Waals surface area contributed by atoms with Gasteiger partial charge in [0.15, 0.2) is 11.5 Å². The predicted molar refractivity (Wildman–Crippen MR) is 85.9 cm³/mol. The maximum Gasteiger partial charge on any atom is 0.164 e. The van der Waals surface area contributed by atoms with Crippen LogP contribution in [0, 0.1) is 6.92 Å². The molecule has 0 saturated heterocycles. The highest BCUT2D eigenvalue weighted by Gasteiger charge is 2.12. The highest BCUT2D eigenvalue weighted by atomic mass is 16.5. The van der Waals surface area contributed by atoms with E-state index in [-0.39, 0.29) is 6.04 Å². The summed E-state index contributed by atoms with van der Waals surface area (Å²) in [6, 6.07) is 14.2. The van der Waals surface area contributed by atoms with Gasteiger partial charge in [-0.1, -0.05) is 36.4 Å². The highest BCUT2D eigenvalue weighted by molar-refractivity contribution is 5.47. The quantitative estimate of drug-likeness (QED) is 0.884. The molecule has 0 aromatic heterocycles. The van der Waals surface area contributed by atoms with Gasteiger partial charge in [-0.2, -0.15) is 0 Å². The standard InChI is InChI=1S/C18H23NO2/c1-13-7-4-5-8-16(13)12-21-18-15(11-14(2)19)9-6-10-17(18)20-3/h4-10,14H,11-12,19H2,1-3H3. The molecule has 2 aromatic rings. The van der Waals surface area contributed by atoms with E-state index in [0.29, 0.717) is 6.61 Å². The van der Waals surface area contributed by atoms with Gasteiger partial charge in [0.1, 0.15) is 6.61 Å². The Hall–Kier alpha value is -2.00. The lowest BCUT2D eigenvalue weighted by molar-refractivity contribution is 0.280. The molecule has 1 unspecified atom stereocenters. The average Bonchev–Trinajstić information content (AvgIpc) is 2.46. The molecular formula is C18H23NO2. The molecule has 112 valence electrons. The van der Waals surface area contributed by atoms with Gasteiger partial charge >= 0.3 is 0 Å². The molecule has 2 aromatic carbocycles. The van der Waals surface area contributed by atoms with Gasteiger partial charge in [-0.05, 0) is 43.0 Å². The number of hydrogen-bond acceptors (Lipinski definition) is 3. The van der Waals surface area contributed by atoms with E-state index in [4.69, 9.17) is 15.2 Å². The molecule has 0 saturated carbocycles. The first-order valence-corrected chi connectivity index (χ1v) is 7.20. The van der Waals surface area contributed by atoms with Crippen LogP contribution in [0.15, 0.2) is 42.5 Å². The Bertz CT molecular complexity index is 594. The van der Waals surface area contributed by atoms with Crippen LogP contribution in [0.1, 0.15) is 23.6 Å². The second-order valence-corrected chi connectivity index (χ2v) is 5.35. The maximum atomic E-state index is 6.05. The topological polar surface area (TPSA) is 44.5 Å². The summed E-state index contributed by atoms with van der Waals surface area (Å²) in [4.78, 5) is 0. The first kappa shape index (κ1) is 15.4. The lowest BCUT2D eigenvalue weighted by Crippen LogP contribution is -2.18. The molecule has 0 fully saturated rings. The number of aryl methyl sites for hydroxylation is 1. The van der Waals surface area contributed by atoms with Crippen molar-refractivity contribution in [3.63, 3.8) is 0 Å². The molecule has 3 heteroatoms. The number of ether oxygens (including phenoxy) is 2. The molecule has 1 atom stereocenters. The molecule has 3 nitrogen and oxygen atoms in total. The van der Waals surface area contributed by atoms with Crippen molar-refractivity contribution in [3.8, 4) is 11.5 Å². The lowest BCUT2D eigenvalue weighted by Gasteiger charge is -2.17. The summed E-state index contributed by atoms with van der Waals surface area (Å²) in [5.41, 5.74) is 9.40. The van der Waals surface area contributed by atoms with Crippen LogP contribution in [0.3, 0.4) is 0 Å². The minimum Gasteiger partial charge on any atom is -0.493 e. The van der Waals surface area contributed by atoms with E-state index in [1.165, 1.54) is 11.1 Å². The van der Waals surface area contributed by atoms with Crippen LogP contribution in [0.2, 0.25) is 0 Å². The molecule has 0 spiro atoms. The van der Waals surface area contributed by atoms with E-state index in [0.717, 1.165) is 23.5 Å². The first-order chi connectivity index (χ1) is 10.1. The van der Waals surface area contributed by atoms with E-state index in [1.54, 1.807) is 7.11 Å². The van der Waals surface area contributed by atoms with Crippen molar-refractivity contribution < 1.29 is 9.47 Å². The maximum absolute atomic E-state index is 6.05. The van der Waals surface area contributed by atoms with Crippen molar-refractivity contribution in [1.29, 1.82) is 0 Å². The van der Waals surface area contributed by atoms with Crippen molar-refractivity contribution in [2.75, 3.05) is 7.11 Å². The summed E-state index contributed by atoms with van der Waals surface area (Å²) in [5, 5.41) is 0. The fourth-order valence-electron chi connectivity index (χ4n) is 2.32. The van der Waals surface area contributed by atoms with Crippen molar-refractivity contribution >= 4 is 0 Å². The van der Waals surface area contributed by atoms with Gasteiger partial charge in [0.2, 0.25) is 0 Å². The monoisotopic (exact) mass is 285 g/mol. The minimum absolute atomic E-state index is 0.0814. The third-order valence-electron chi connectivity index (χ3n) is 3.46. The Morgan fingerprint density at radius 2 is 1.76 bits per heavy atom. The van der Waals surface area contributed by atoms with Gasteiger partial charge in [0, 0.05) is 6.04 Å². The van der Waals surface area contributed by atoms with E-state index in [9.17, 15) is 0 Å². The van der Waals surface area contributed by atoms with Gasteiger partial charge in [-0.25, -0.2) is 0 Å². The molecule has 0 heterocycles. The summed E-state index contributed by atoms with van der Waals surface area (Å²) in [5.74, 6) is 1.54. The Morgan fingerprint density at radius 1 is 1.05 bits per heavy atom. The van der Waals surface area contributed by atoms with Crippen LogP contribution in [0.25, 0.3) is 0 Å². The number of rotatable bonds is 6. The molecule has 0 bridgehead atoms. The summed E-state index contributed by atoms with van der Waals surface area (Å²) in [6.45, 7) is 4.60. The third-order valence-corrected chi connectivity index (χ3v) is 3.46. The summed E-state index contributed by atoms with van der Waals surface area (Å²) in [6.07, 6.45) is 0.764. The van der Waals surface area contributed by atoms with Crippen LogP contribution >= 0.6 is 0 Å². The average molecular weight is 285 g/mol. The van der Waals surface area contributed by atoms with Gasteiger partial charge in [-0.15, -0.1) is 0 Å². The number of benzene rings is 2. The molecule has 0 aliphatic carbocycles.